The third-order valence-corrected chi connectivity index (χ3v) is 7.91. The summed E-state index contributed by atoms with van der Waals surface area (Å²) >= 11 is 0. The third-order valence-electron chi connectivity index (χ3n) is 7.91. The van der Waals surface area contributed by atoms with E-state index in [1.54, 1.807) is 82.9 Å². The number of aliphatic hydroxyl groups excluding tert-OH is 1. The minimum absolute atomic E-state index is 0.0342. The lowest BCUT2D eigenvalue weighted by atomic mass is 9.85. The molecule has 0 aliphatic carbocycles. The van der Waals surface area contributed by atoms with Crippen LogP contribution in [-0.4, -0.2) is 73.9 Å². The van der Waals surface area contributed by atoms with Crippen LogP contribution in [0.1, 0.15) is 47.9 Å². The van der Waals surface area contributed by atoms with E-state index >= 15 is 0 Å². The van der Waals surface area contributed by atoms with Gasteiger partial charge in [-0.25, -0.2) is 0 Å². The predicted octanol–water partition coefficient (Wildman–Crippen LogP) is 6.68. The van der Waals surface area contributed by atoms with Crippen molar-refractivity contribution in [1.82, 2.24) is 0 Å². The van der Waals surface area contributed by atoms with Crippen LogP contribution in [0.4, 0.5) is 0 Å². The van der Waals surface area contributed by atoms with Gasteiger partial charge in [0, 0.05) is 28.2 Å². The monoisotopic (exact) mass is 662 g/mol. The fourth-order valence-electron chi connectivity index (χ4n) is 5.89. The molecule has 0 radical (unpaired) electrons. The SMILES string of the molecule is COc1cccc(C(C(C)=O)c2cccc(OC)c2OC)c1OC.COc1cccc(C(c2cccc(OC)c2OC)C(C)O)c1OC. The number of para-hydroxylation sites is 4. The van der Waals surface area contributed by atoms with Gasteiger partial charge in [-0.1, -0.05) is 48.5 Å². The van der Waals surface area contributed by atoms with Crippen LogP contribution in [0.25, 0.3) is 0 Å². The Morgan fingerprint density at radius 3 is 0.979 bits per heavy atom. The second-order valence-electron chi connectivity index (χ2n) is 10.6. The number of ketones is 1. The fraction of sp³-hybridized carbons (Fsp3) is 0.342. The maximum Gasteiger partial charge on any atom is 0.164 e. The van der Waals surface area contributed by atoms with E-state index in [0.29, 0.717) is 46.0 Å². The number of ether oxygens (including phenoxy) is 8. The smallest absolute Gasteiger partial charge is 0.164 e. The van der Waals surface area contributed by atoms with E-state index < -0.39 is 12.0 Å². The van der Waals surface area contributed by atoms with Crippen LogP contribution >= 0.6 is 0 Å². The molecule has 10 heteroatoms. The zero-order valence-electron chi connectivity index (χ0n) is 29.3. The van der Waals surface area contributed by atoms with Crippen LogP contribution < -0.4 is 37.9 Å². The van der Waals surface area contributed by atoms with Gasteiger partial charge in [0.05, 0.1) is 68.9 Å². The first-order valence-corrected chi connectivity index (χ1v) is 15.2. The van der Waals surface area contributed by atoms with Gasteiger partial charge < -0.3 is 43.0 Å². The maximum absolute atomic E-state index is 12.5. The van der Waals surface area contributed by atoms with E-state index in [0.717, 1.165) is 22.3 Å². The molecule has 0 bridgehead atoms. The molecule has 0 aliphatic heterocycles. The minimum Gasteiger partial charge on any atom is -0.493 e. The van der Waals surface area contributed by atoms with Crippen molar-refractivity contribution in [1.29, 1.82) is 0 Å². The molecule has 258 valence electrons. The summed E-state index contributed by atoms with van der Waals surface area (Å²) in [6.45, 7) is 3.28. The Labute approximate surface area is 283 Å². The van der Waals surface area contributed by atoms with Gasteiger partial charge in [0.2, 0.25) is 0 Å². The number of rotatable bonds is 14. The lowest BCUT2D eigenvalue weighted by molar-refractivity contribution is -0.117. The van der Waals surface area contributed by atoms with Gasteiger partial charge in [0.15, 0.2) is 46.0 Å². The Morgan fingerprint density at radius 2 is 0.750 bits per heavy atom. The third kappa shape index (κ3) is 7.88. The number of Topliss-reactive ketones (excluding diaryl/α,β-unsaturated/α-hetero) is 1. The average Bonchev–Trinajstić information content (AvgIpc) is 3.11. The second kappa shape index (κ2) is 17.7. The zero-order chi connectivity index (χ0) is 35.4. The molecule has 1 unspecified atom stereocenters. The molecule has 1 atom stereocenters. The first-order valence-electron chi connectivity index (χ1n) is 15.2. The summed E-state index contributed by atoms with van der Waals surface area (Å²) in [5.41, 5.74) is 3.07. The molecule has 0 saturated carbocycles. The highest BCUT2D eigenvalue weighted by molar-refractivity contribution is 5.89. The van der Waals surface area contributed by atoms with E-state index in [2.05, 4.69) is 0 Å². The molecule has 0 saturated heterocycles. The molecule has 0 amide bonds. The Kier molecular flexibility index (Phi) is 13.8. The highest BCUT2D eigenvalue weighted by atomic mass is 16.5. The first-order chi connectivity index (χ1) is 23.2. The molecule has 0 aliphatic rings. The molecular formula is C38H46O10. The van der Waals surface area contributed by atoms with Gasteiger partial charge in [-0.05, 0) is 38.1 Å². The van der Waals surface area contributed by atoms with E-state index in [1.807, 2.05) is 60.7 Å². The summed E-state index contributed by atoms with van der Waals surface area (Å²) in [5, 5.41) is 10.5. The Bertz CT molecular complexity index is 1540. The van der Waals surface area contributed by atoms with Gasteiger partial charge >= 0.3 is 0 Å². The molecular weight excluding hydrogens is 616 g/mol. The fourth-order valence-corrected chi connectivity index (χ4v) is 5.89. The van der Waals surface area contributed by atoms with Crippen molar-refractivity contribution >= 4 is 5.78 Å². The number of aliphatic hydroxyl groups is 1. The molecule has 4 aromatic carbocycles. The average molecular weight is 663 g/mol. The molecule has 0 heterocycles. The normalized spacial score (nSPS) is 11.2. The van der Waals surface area contributed by atoms with Gasteiger partial charge in [-0.15, -0.1) is 0 Å². The summed E-state index contributed by atoms with van der Waals surface area (Å²) < 4.78 is 43.6. The van der Waals surface area contributed by atoms with Gasteiger partial charge in [-0.2, -0.15) is 0 Å². The number of benzene rings is 4. The molecule has 10 nitrogen and oxygen atoms in total. The van der Waals surface area contributed by atoms with Crippen LogP contribution in [0.3, 0.4) is 0 Å². The molecule has 4 rings (SSSR count). The van der Waals surface area contributed by atoms with Gasteiger partial charge in [-0.3, -0.25) is 4.79 Å². The van der Waals surface area contributed by atoms with Gasteiger partial charge in [0.25, 0.3) is 0 Å². The molecule has 0 spiro atoms. The quantitative estimate of drug-likeness (QED) is 0.157. The summed E-state index contributed by atoms with van der Waals surface area (Å²) in [6.07, 6.45) is -0.674. The van der Waals surface area contributed by atoms with Gasteiger partial charge in [0.1, 0.15) is 5.78 Å². The van der Waals surface area contributed by atoms with E-state index in [1.165, 1.54) is 0 Å². The molecule has 1 N–H and O–H groups in total. The zero-order valence-corrected chi connectivity index (χ0v) is 29.3. The van der Waals surface area contributed by atoms with Crippen molar-refractivity contribution in [2.24, 2.45) is 0 Å². The molecule has 4 aromatic rings. The van der Waals surface area contributed by atoms with Crippen molar-refractivity contribution in [2.75, 3.05) is 56.9 Å². The van der Waals surface area contributed by atoms with E-state index in [-0.39, 0.29) is 11.7 Å². The topological polar surface area (TPSA) is 111 Å². The summed E-state index contributed by atoms with van der Waals surface area (Å²) in [6, 6.07) is 22.2. The van der Waals surface area contributed by atoms with Crippen LogP contribution in [0.5, 0.6) is 46.0 Å². The number of carbonyl (C=O) groups excluding carboxylic acids is 1. The van der Waals surface area contributed by atoms with Crippen molar-refractivity contribution in [3.63, 3.8) is 0 Å². The summed E-state index contributed by atoms with van der Waals surface area (Å²) in [5.74, 6) is 3.67. The number of hydrogen-bond acceptors (Lipinski definition) is 10. The number of carbonyl (C=O) groups is 1. The van der Waals surface area contributed by atoms with Crippen LogP contribution in [-0.2, 0) is 4.79 Å². The van der Waals surface area contributed by atoms with Crippen LogP contribution in [0, 0.1) is 0 Å². The van der Waals surface area contributed by atoms with Crippen molar-refractivity contribution in [3.8, 4) is 46.0 Å². The lowest BCUT2D eigenvalue weighted by Crippen LogP contribution is -2.18. The first kappa shape index (κ1) is 37.4. The largest absolute Gasteiger partial charge is 0.493 e. The molecule has 0 fully saturated rings. The standard InChI is InChI=1S/C19H24O5.C19H22O5/c2*1-12(20)17(13-8-6-10-15(21-2)18(13)23-4)14-9-7-11-16(22-3)19(14)24-5/h6-12,17,20H,1-5H3;6-11,17H,1-5H3. The summed E-state index contributed by atoms with van der Waals surface area (Å²) in [7, 11) is 12.6. The summed E-state index contributed by atoms with van der Waals surface area (Å²) in [4.78, 5) is 12.5. The highest BCUT2D eigenvalue weighted by Gasteiger charge is 2.30. The maximum atomic E-state index is 12.5. The lowest BCUT2D eigenvalue weighted by Gasteiger charge is -2.26. The predicted molar refractivity (Wildman–Crippen MR) is 184 cm³/mol. The number of hydrogen-bond donors (Lipinski definition) is 1. The highest BCUT2D eigenvalue weighted by Crippen LogP contribution is 2.46. The Balaban J connectivity index is 0.000000260. The Morgan fingerprint density at radius 1 is 0.479 bits per heavy atom. The second-order valence-corrected chi connectivity index (χ2v) is 10.6. The van der Waals surface area contributed by atoms with E-state index in [9.17, 15) is 9.90 Å². The minimum atomic E-state index is -0.674. The van der Waals surface area contributed by atoms with Crippen LogP contribution in [0.2, 0.25) is 0 Å². The van der Waals surface area contributed by atoms with E-state index in [4.69, 9.17) is 37.9 Å². The van der Waals surface area contributed by atoms with Crippen molar-refractivity contribution in [3.05, 3.63) is 95.1 Å². The van der Waals surface area contributed by atoms with Crippen molar-refractivity contribution in [2.45, 2.75) is 31.8 Å². The van der Waals surface area contributed by atoms with Crippen LogP contribution in [0.15, 0.2) is 72.8 Å². The molecule has 0 aromatic heterocycles. The molecule has 48 heavy (non-hydrogen) atoms. The Hall–Kier alpha value is -5.09. The number of methoxy groups -OCH3 is 8. The van der Waals surface area contributed by atoms with Crippen molar-refractivity contribution < 1.29 is 47.8 Å².